The Balaban J connectivity index is 0. The Kier molecular flexibility index (Phi) is 7.07. The molecule has 0 aromatic rings. The van der Waals surface area contributed by atoms with Crippen LogP contribution in [0.15, 0.2) is 0 Å². The number of hydrogen-bond donors (Lipinski definition) is 1. The summed E-state index contributed by atoms with van der Waals surface area (Å²) in [5, 5.41) is 0. The molecule has 0 aromatic carbocycles. The van der Waals surface area contributed by atoms with E-state index in [0.29, 0.717) is 0 Å². The van der Waals surface area contributed by atoms with Gasteiger partial charge in [-0.25, -0.2) is 0 Å². The normalized spacial score (nSPS) is 10.6. The minimum atomic E-state index is -4.45. The van der Waals surface area contributed by atoms with E-state index in [1.165, 1.54) is 0 Å². The lowest BCUT2D eigenvalue weighted by atomic mass is 10.4. The summed E-state index contributed by atoms with van der Waals surface area (Å²) in [6.45, 7) is 6.92. The number of halogens is 3. The van der Waals surface area contributed by atoms with Crippen LogP contribution in [0.25, 0.3) is 0 Å². The summed E-state index contributed by atoms with van der Waals surface area (Å²) in [7, 11) is -0.139. The van der Waals surface area contributed by atoms with Crippen LogP contribution >= 0.6 is 0 Å². The number of rotatable bonds is 1. The molecule has 0 saturated carbocycles. The SMILES string of the molecule is C[SiH](C)C.NC(=O)CC(F)(F)F. The van der Waals surface area contributed by atoms with Crippen molar-refractivity contribution in [1.29, 1.82) is 0 Å². The predicted octanol–water partition coefficient (Wildman–Crippen LogP) is 1.53. The van der Waals surface area contributed by atoms with Crippen LogP contribution in [0.2, 0.25) is 19.6 Å². The fourth-order valence-corrected chi connectivity index (χ4v) is 0.198. The van der Waals surface area contributed by atoms with E-state index >= 15 is 0 Å². The highest BCUT2D eigenvalue weighted by atomic mass is 28.3. The molecule has 0 aromatic heterocycles. The van der Waals surface area contributed by atoms with Crippen molar-refractivity contribution in [1.82, 2.24) is 0 Å². The molecule has 6 heteroatoms. The van der Waals surface area contributed by atoms with E-state index < -0.39 is 18.5 Å². The average molecular weight is 201 g/mol. The van der Waals surface area contributed by atoms with Gasteiger partial charge in [-0.1, -0.05) is 19.6 Å². The molecule has 1 amide bonds. The van der Waals surface area contributed by atoms with Gasteiger partial charge in [-0.15, -0.1) is 0 Å². The van der Waals surface area contributed by atoms with Gasteiger partial charge >= 0.3 is 6.18 Å². The number of amides is 1. The molecule has 0 unspecified atom stereocenters. The molecule has 0 fully saturated rings. The minimum Gasteiger partial charge on any atom is -0.369 e. The van der Waals surface area contributed by atoms with Crippen molar-refractivity contribution in [2.45, 2.75) is 32.2 Å². The van der Waals surface area contributed by atoms with Gasteiger partial charge in [0.15, 0.2) is 0 Å². The Hall–Kier alpha value is -0.523. The van der Waals surface area contributed by atoms with Gasteiger partial charge in [-0.3, -0.25) is 4.79 Å². The standard InChI is InChI=1S/C3H4F3NO.C3H10Si/c4-3(5,6)1-2(7)8;1-4(2)3/h1H2,(H2,7,8);4H,1-3H3. The molecule has 0 rings (SSSR count). The van der Waals surface area contributed by atoms with Crippen LogP contribution in [-0.2, 0) is 4.79 Å². The van der Waals surface area contributed by atoms with E-state index in [4.69, 9.17) is 0 Å². The summed E-state index contributed by atoms with van der Waals surface area (Å²) in [5.74, 6) is -1.35. The Labute approximate surface area is 71.5 Å². The largest absolute Gasteiger partial charge is 0.397 e. The summed E-state index contributed by atoms with van der Waals surface area (Å²) >= 11 is 0. The van der Waals surface area contributed by atoms with Crippen LogP contribution in [0.4, 0.5) is 13.2 Å². The van der Waals surface area contributed by atoms with Crippen molar-refractivity contribution in [3.63, 3.8) is 0 Å². The van der Waals surface area contributed by atoms with E-state index in [2.05, 4.69) is 25.4 Å². The summed E-state index contributed by atoms with van der Waals surface area (Å²) in [6, 6.07) is 0. The lowest BCUT2D eigenvalue weighted by Gasteiger charge is -1.99. The molecule has 0 aliphatic heterocycles. The summed E-state index contributed by atoms with van der Waals surface area (Å²) in [6.07, 6.45) is -5.99. The van der Waals surface area contributed by atoms with Gasteiger partial charge in [0.25, 0.3) is 0 Å². The second kappa shape index (κ2) is 6.04. The molecule has 0 aliphatic rings. The summed E-state index contributed by atoms with van der Waals surface area (Å²) in [4.78, 5) is 9.52. The molecule has 12 heavy (non-hydrogen) atoms. The van der Waals surface area contributed by atoms with Crippen molar-refractivity contribution >= 4 is 14.7 Å². The first-order valence-electron chi connectivity index (χ1n) is 3.50. The van der Waals surface area contributed by atoms with Crippen molar-refractivity contribution in [2.75, 3.05) is 0 Å². The van der Waals surface area contributed by atoms with Gasteiger partial charge in [0, 0.05) is 8.80 Å². The van der Waals surface area contributed by atoms with E-state index in [-0.39, 0.29) is 8.80 Å². The first-order chi connectivity index (χ1) is 5.15. The molecule has 0 aliphatic carbocycles. The number of hydrogen-bond acceptors (Lipinski definition) is 1. The number of primary amides is 1. The van der Waals surface area contributed by atoms with Crippen LogP contribution in [-0.4, -0.2) is 20.9 Å². The van der Waals surface area contributed by atoms with Crippen LogP contribution in [0, 0.1) is 0 Å². The third-order valence-electron chi connectivity index (χ3n) is 0.375. The zero-order valence-electron chi connectivity index (χ0n) is 7.40. The van der Waals surface area contributed by atoms with Gasteiger partial charge in [-0.2, -0.15) is 13.2 Å². The molecule has 0 atom stereocenters. The Morgan fingerprint density at radius 3 is 1.58 bits per heavy atom. The topological polar surface area (TPSA) is 43.1 Å². The Morgan fingerprint density at radius 2 is 1.58 bits per heavy atom. The smallest absolute Gasteiger partial charge is 0.369 e. The third kappa shape index (κ3) is 34.0. The number of carbonyl (C=O) groups is 1. The average Bonchev–Trinajstić information content (AvgIpc) is 1.52. The fraction of sp³-hybridized carbons (Fsp3) is 0.833. The number of alkyl halides is 3. The van der Waals surface area contributed by atoms with Crippen molar-refractivity contribution in [2.24, 2.45) is 5.73 Å². The zero-order valence-corrected chi connectivity index (χ0v) is 8.56. The lowest BCUT2D eigenvalue weighted by molar-refractivity contribution is -0.151. The van der Waals surface area contributed by atoms with Gasteiger partial charge < -0.3 is 5.73 Å². The molecule has 0 bridgehead atoms. The maximum absolute atomic E-state index is 11.0. The highest BCUT2D eigenvalue weighted by molar-refractivity contribution is 6.54. The quantitative estimate of drug-likeness (QED) is 0.642. The summed E-state index contributed by atoms with van der Waals surface area (Å²) in [5.41, 5.74) is 4.22. The molecule has 2 N–H and O–H groups in total. The van der Waals surface area contributed by atoms with E-state index in [1.807, 2.05) is 0 Å². The molecule has 2 nitrogen and oxygen atoms in total. The Morgan fingerprint density at radius 1 is 1.33 bits per heavy atom. The van der Waals surface area contributed by atoms with Crippen molar-refractivity contribution in [3.8, 4) is 0 Å². The first kappa shape index (κ1) is 14.0. The maximum Gasteiger partial charge on any atom is 0.397 e. The minimum absolute atomic E-state index is 0.139. The monoisotopic (exact) mass is 201 g/mol. The second-order valence-electron chi connectivity index (χ2n) is 2.99. The third-order valence-corrected chi connectivity index (χ3v) is 0.375. The Bertz CT molecular complexity index is 132. The highest BCUT2D eigenvalue weighted by Crippen LogP contribution is 2.17. The van der Waals surface area contributed by atoms with Gasteiger partial charge in [0.2, 0.25) is 5.91 Å². The van der Waals surface area contributed by atoms with Crippen LogP contribution in [0.3, 0.4) is 0 Å². The van der Waals surface area contributed by atoms with Gasteiger partial charge in [0.05, 0.1) is 0 Å². The lowest BCUT2D eigenvalue weighted by Crippen LogP contribution is -2.21. The summed E-state index contributed by atoms with van der Waals surface area (Å²) < 4.78 is 33.0. The van der Waals surface area contributed by atoms with Crippen molar-refractivity contribution < 1.29 is 18.0 Å². The molecule has 0 spiro atoms. The van der Waals surface area contributed by atoms with Crippen molar-refractivity contribution in [3.05, 3.63) is 0 Å². The molecule has 0 radical (unpaired) electrons. The fourth-order valence-electron chi connectivity index (χ4n) is 0.198. The maximum atomic E-state index is 11.0. The van der Waals surface area contributed by atoms with Gasteiger partial charge in [0.1, 0.15) is 6.42 Å². The zero-order chi connectivity index (χ0) is 10.4. The first-order valence-corrected chi connectivity index (χ1v) is 6.96. The van der Waals surface area contributed by atoms with E-state index in [1.54, 1.807) is 0 Å². The predicted molar refractivity (Wildman–Crippen MR) is 44.6 cm³/mol. The molecule has 0 saturated heterocycles. The molecule has 74 valence electrons. The van der Waals surface area contributed by atoms with Crippen LogP contribution in [0.5, 0.6) is 0 Å². The van der Waals surface area contributed by atoms with E-state index in [9.17, 15) is 18.0 Å². The van der Waals surface area contributed by atoms with Crippen LogP contribution < -0.4 is 5.73 Å². The number of nitrogens with two attached hydrogens (primary N) is 1. The molecule has 0 heterocycles. The highest BCUT2D eigenvalue weighted by Gasteiger charge is 2.29. The molecular weight excluding hydrogens is 187 g/mol. The second-order valence-corrected chi connectivity index (χ2v) is 6.45. The number of carbonyl (C=O) groups excluding carboxylic acids is 1. The van der Waals surface area contributed by atoms with Gasteiger partial charge in [-0.05, 0) is 0 Å². The van der Waals surface area contributed by atoms with E-state index in [0.717, 1.165) is 0 Å². The molecular formula is C6H14F3NOSi. The van der Waals surface area contributed by atoms with Crippen LogP contribution in [0.1, 0.15) is 6.42 Å².